The van der Waals surface area contributed by atoms with Crippen LogP contribution >= 0.6 is 0 Å². The van der Waals surface area contributed by atoms with E-state index in [-0.39, 0.29) is 17.5 Å². The van der Waals surface area contributed by atoms with Gasteiger partial charge in [0.2, 0.25) is 5.91 Å². The van der Waals surface area contributed by atoms with Crippen molar-refractivity contribution in [3.8, 4) is 0 Å². The van der Waals surface area contributed by atoms with Gasteiger partial charge in [0.1, 0.15) is 0 Å². The molecule has 1 heterocycles. The second kappa shape index (κ2) is 7.13. The minimum Gasteiger partial charge on any atom is -0.351 e. The molecule has 0 spiro atoms. The number of aryl methyl sites for hydroxylation is 1. The van der Waals surface area contributed by atoms with Crippen LogP contribution < -0.4 is 10.6 Å². The molecule has 1 amide bonds. The third kappa shape index (κ3) is 4.55. The summed E-state index contributed by atoms with van der Waals surface area (Å²) in [6.07, 6.45) is 0.860. The lowest BCUT2D eigenvalue weighted by Crippen LogP contribution is -2.46. The molecule has 0 aliphatic heterocycles. The summed E-state index contributed by atoms with van der Waals surface area (Å²) in [5.74, 6) is 0.00915. The Morgan fingerprint density at radius 3 is 2.70 bits per heavy atom. The predicted octanol–water partition coefficient (Wildman–Crippen LogP) is 2.84. The molecule has 0 bridgehead atoms. The highest BCUT2D eigenvalue weighted by atomic mass is 16.1. The fourth-order valence-corrected chi connectivity index (χ4v) is 3.20. The van der Waals surface area contributed by atoms with Crippen molar-refractivity contribution in [1.29, 1.82) is 0 Å². The molecule has 2 rings (SSSR count). The summed E-state index contributed by atoms with van der Waals surface area (Å²) in [6, 6.07) is 8.61. The van der Waals surface area contributed by atoms with Gasteiger partial charge in [-0.3, -0.25) is 9.48 Å². The van der Waals surface area contributed by atoms with Crippen LogP contribution in [-0.4, -0.2) is 27.3 Å². The predicted molar refractivity (Wildman–Crippen MR) is 94.2 cm³/mol. The van der Waals surface area contributed by atoms with E-state index in [1.165, 1.54) is 10.9 Å². The topological polar surface area (TPSA) is 59.0 Å². The smallest absolute Gasteiger partial charge is 0.217 e. The van der Waals surface area contributed by atoms with Crippen molar-refractivity contribution >= 4 is 16.8 Å². The Labute approximate surface area is 138 Å². The Kier molecular flexibility index (Phi) is 5.42. The van der Waals surface area contributed by atoms with Crippen LogP contribution in [0.5, 0.6) is 0 Å². The highest BCUT2D eigenvalue weighted by Gasteiger charge is 2.22. The third-order valence-electron chi connectivity index (χ3n) is 3.98. The van der Waals surface area contributed by atoms with Gasteiger partial charge in [-0.25, -0.2) is 0 Å². The molecule has 5 heteroatoms. The first-order valence-corrected chi connectivity index (χ1v) is 8.29. The number of carbonyl (C=O) groups is 1. The van der Waals surface area contributed by atoms with Crippen molar-refractivity contribution in [2.24, 2.45) is 0 Å². The molecule has 5 nitrogen and oxygen atoms in total. The molecule has 0 fully saturated rings. The number of aromatic nitrogens is 2. The van der Waals surface area contributed by atoms with Crippen molar-refractivity contribution in [2.75, 3.05) is 0 Å². The summed E-state index contributed by atoms with van der Waals surface area (Å²) >= 11 is 0. The molecule has 126 valence electrons. The average molecular weight is 316 g/mol. The highest BCUT2D eigenvalue weighted by molar-refractivity contribution is 5.81. The van der Waals surface area contributed by atoms with E-state index in [2.05, 4.69) is 42.7 Å². The van der Waals surface area contributed by atoms with E-state index in [9.17, 15) is 4.79 Å². The first-order valence-electron chi connectivity index (χ1n) is 8.29. The van der Waals surface area contributed by atoms with Gasteiger partial charge in [-0.2, -0.15) is 5.10 Å². The SMILES string of the molecule is CCn1nc(CNC(C)CC(C)(C)NC(C)=O)c2ccccc21. The summed E-state index contributed by atoms with van der Waals surface area (Å²) in [4.78, 5) is 11.3. The van der Waals surface area contributed by atoms with Crippen LogP contribution in [0.2, 0.25) is 0 Å². The van der Waals surface area contributed by atoms with E-state index in [4.69, 9.17) is 5.10 Å². The number of fused-ring (bicyclic) bond motifs is 1. The molecule has 1 aromatic carbocycles. The van der Waals surface area contributed by atoms with Gasteiger partial charge in [-0.05, 0) is 40.2 Å². The van der Waals surface area contributed by atoms with Crippen molar-refractivity contribution in [1.82, 2.24) is 20.4 Å². The molecule has 2 aromatic rings. The summed E-state index contributed by atoms with van der Waals surface area (Å²) < 4.78 is 2.04. The normalized spacial score (nSPS) is 13.3. The fourth-order valence-electron chi connectivity index (χ4n) is 3.20. The number of amides is 1. The number of carbonyl (C=O) groups excluding carboxylic acids is 1. The fraction of sp³-hybridized carbons (Fsp3) is 0.556. The van der Waals surface area contributed by atoms with E-state index in [1.54, 1.807) is 6.92 Å². The monoisotopic (exact) mass is 316 g/mol. The Morgan fingerprint density at radius 2 is 2.04 bits per heavy atom. The molecule has 1 unspecified atom stereocenters. The molecular formula is C18H28N4O. The Balaban J connectivity index is 2.02. The van der Waals surface area contributed by atoms with Gasteiger partial charge in [-0.15, -0.1) is 0 Å². The van der Waals surface area contributed by atoms with Gasteiger partial charge in [0, 0.05) is 37.0 Å². The molecule has 0 aliphatic carbocycles. The van der Waals surface area contributed by atoms with Crippen molar-refractivity contribution < 1.29 is 4.79 Å². The Hall–Kier alpha value is -1.88. The highest BCUT2D eigenvalue weighted by Crippen LogP contribution is 2.19. The number of hydrogen-bond acceptors (Lipinski definition) is 3. The van der Waals surface area contributed by atoms with Gasteiger partial charge < -0.3 is 10.6 Å². The molecule has 1 atom stereocenters. The zero-order valence-electron chi connectivity index (χ0n) is 14.8. The summed E-state index contributed by atoms with van der Waals surface area (Å²) in [5, 5.41) is 12.4. The molecule has 0 aliphatic rings. The van der Waals surface area contributed by atoms with Crippen LogP contribution in [0.4, 0.5) is 0 Å². The molecule has 0 radical (unpaired) electrons. The van der Waals surface area contributed by atoms with Gasteiger partial charge >= 0.3 is 0 Å². The summed E-state index contributed by atoms with van der Waals surface area (Å²) in [7, 11) is 0. The lowest BCUT2D eigenvalue weighted by Gasteiger charge is -2.29. The minimum atomic E-state index is -0.219. The van der Waals surface area contributed by atoms with Gasteiger partial charge in [0.05, 0.1) is 11.2 Å². The summed E-state index contributed by atoms with van der Waals surface area (Å²) in [6.45, 7) is 11.5. The van der Waals surface area contributed by atoms with Crippen LogP contribution in [0.25, 0.3) is 10.9 Å². The molecular weight excluding hydrogens is 288 g/mol. The molecule has 23 heavy (non-hydrogen) atoms. The average Bonchev–Trinajstić information content (AvgIpc) is 2.81. The maximum Gasteiger partial charge on any atom is 0.217 e. The number of rotatable bonds is 7. The molecule has 0 saturated heterocycles. The molecule has 2 N–H and O–H groups in total. The van der Waals surface area contributed by atoms with Crippen LogP contribution in [0.3, 0.4) is 0 Å². The molecule has 0 saturated carbocycles. The van der Waals surface area contributed by atoms with Crippen LogP contribution in [0.15, 0.2) is 24.3 Å². The van der Waals surface area contributed by atoms with E-state index in [1.807, 2.05) is 24.6 Å². The largest absolute Gasteiger partial charge is 0.351 e. The lowest BCUT2D eigenvalue weighted by atomic mass is 9.96. The van der Waals surface area contributed by atoms with Gasteiger partial charge in [-0.1, -0.05) is 18.2 Å². The van der Waals surface area contributed by atoms with E-state index in [0.717, 1.165) is 25.2 Å². The van der Waals surface area contributed by atoms with Crippen LogP contribution in [0.1, 0.15) is 46.7 Å². The zero-order chi connectivity index (χ0) is 17.0. The van der Waals surface area contributed by atoms with Crippen molar-refractivity contribution in [2.45, 2.75) is 65.7 Å². The number of nitrogens with one attached hydrogen (secondary N) is 2. The van der Waals surface area contributed by atoms with Crippen molar-refractivity contribution in [3.05, 3.63) is 30.0 Å². The number of hydrogen-bond donors (Lipinski definition) is 2. The maximum atomic E-state index is 11.3. The first-order chi connectivity index (χ1) is 10.8. The zero-order valence-corrected chi connectivity index (χ0v) is 14.8. The van der Waals surface area contributed by atoms with E-state index in [0.29, 0.717) is 0 Å². The quantitative estimate of drug-likeness (QED) is 0.826. The number of benzene rings is 1. The van der Waals surface area contributed by atoms with E-state index < -0.39 is 0 Å². The van der Waals surface area contributed by atoms with Crippen LogP contribution in [0, 0.1) is 0 Å². The minimum absolute atomic E-state index is 0.00915. The Bertz CT molecular complexity index is 675. The van der Waals surface area contributed by atoms with Gasteiger partial charge in [0.25, 0.3) is 0 Å². The third-order valence-corrected chi connectivity index (χ3v) is 3.98. The second-order valence-electron chi connectivity index (χ2n) is 6.83. The van der Waals surface area contributed by atoms with E-state index >= 15 is 0 Å². The maximum absolute atomic E-state index is 11.3. The lowest BCUT2D eigenvalue weighted by molar-refractivity contribution is -0.120. The second-order valence-corrected chi connectivity index (χ2v) is 6.83. The van der Waals surface area contributed by atoms with Crippen LogP contribution in [-0.2, 0) is 17.9 Å². The number of para-hydroxylation sites is 1. The number of nitrogens with zero attached hydrogens (tertiary/aromatic N) is 2. The van der Waals surface area contributed by atoms with Gasteiger partial charge in [0.15, 0.2) is 0 Å². The Morgan fingerprint density at radius 1 is 1.35 bits per heavy atom. The molecule has 1 aromatic heterocycles. The summed E-state index contributed by atoms with van der Waals surface area (Å²) in [5.41, 5.74) is 2.04. The standard InChI is InChI=1S/C18H28N4O/c1-6-22-17-10-8-7-9-15(17)16(21-22)12-19-13(2)11-18(4,5)20-14(3)23/h7-10,13,19H,6,11-12H2,1-5H3,(H,20,23). The van der Waals surface area contributed by atoms with Crippen molar-refractivity contribution in [3.63, 3.8) is 0 Å². The first kappa shape index (κ1) is 17.5.